The summed E-state index contributed by atoms with van der Waals surface area (Å²) in [5.74, 6) is -2.01. The van der Waals surface area contributed by atoms with Gasteiger partial charge in [0.15, 0.2) is 0 Å². The smallest absolute Gasteiger partial charge is 0.263 e. The average Bonchev–Trinajstić information content (AvgIpc) is 3.58. The number of phenols is 1. The maximum absolute atomic E-state index is 14.8. The number of pyridine rings is 1. The number of aromatic hydroxyl groups is 1. The molecule has 0 unspecified atom stereocenters. The molecule has 3 aromatic heterocycles. The van der Waals surface area contributed by atoms with E-state index in [1.54, 1.807) is 4.57 Å². The first-order valence-electron chi connectivity index (χ1n) is 13.5. The van der Waals surface area contributed by atoms with E-state index >= 15 is 0 Å². The highest BCUT2D eigenvalue weighted by Gasteiger charge is 2.26. The molecule has 4 aromatic rings. The van der Waals surface area contributed by atoms with Gasteiger partial charge in [-0.2, -0.15) is 4.39 Å². The molecule has 2 aliphatic heterocycles. The van der Waals surface area contributed by atoms with E-state index in [1.807, 2.05) is 11.8 Å². The van der Waals surface area contributed by atoms with Crippen molar-refractivity contribution in [1.82, 2.24) is 19.1 Å². The predicted molar refractivity (Wildman–Crippen MR) is 158 cm³/mol. The van der Waals surface area contributed by atoms with Gasteiger partial charge in [-0.25, -0.2) is 9.97 Å². The zero-order valence-corrected chi connectivity index (χ0v) is 24.4. The van der Waals surface area contributed by atoms with Crippen molar-refractivity contribution >= 4 is 57.6 Å². The van der Waals surface area contributed by atoms with Crippen molar-refractivity contribution in [1.29, 1.82) is 0 Å². The van der Waals surface area contributed by atoms with Crippen LogP contribution in [0.25, 0.3) is 22.2 Å². The molecule has 2 aliphatic rings. The molecule has 6 rings (SSSR count). The molecular weight excluding hydrogens is 604 g/mol. The summed E-state index contributed by atoms with van der Waals surface area (Å²) >= 11 is 12.4. The Morgan fingerprint density at radius 2 is 2.02 bits per heavy atom. The van der Waals surface area contributed by atoms with Crippen LogP contribution in [0.15, 0.2) is 29.2 Å². The van der Waals surface area contributed by atoms with E-state index in [9.17, 15) is 23.9 Å². The summed E-state index contributed by atoms with van der Waals surface area (Å²) < 4.78 is 23.3. The van der Waals surface area contributed by atoms with E-state index in [0.29, 0.717) is 55.5 Å². The maximum atomic E-state index is 14.8. The van der Waals surface area contributed by atoms with Crippen LogP contribution < -0.4 is 21.5 Å². The highest BCUT2D eigenvalue weighted by atomic mass is 35.5. The summed E-state index contributed by atoms with van der Waals surface area (Å²) in [5, 5.41) is 12.6. The zero-order valence-electron chi connectivity index (χ0n) is 22.9. The summed E-state index contributed by atoms with van der Waals surface area (Å²) in [5.41, 5.74) is 5.82. The van der Waals surface area contributed by atoms with Gasteiger partial charge in [-0.05, 0) is 31.0 Å². The molecule has 43 heavy (non-hydrogen) atoms. The van der Waals surface area contributed by atoms with E-state index in [-0.39, 0.29) is 50.5 Å². The number of halogens is 3. The summed E-state index contributed by atoms with van der Waals surface area (Å²) in [6, 6.07) is 4.16. The molecule has 0 spiro atoms. The number of aromatic nitrogens is 4. The SMILES string of the molecule is C[C@H]1COCCN1c1cc(NC(=O)Cn2cc(-c3cc(Cl)c(O)c(C(N)=O)c3)c3c(=O)n4c(nc32)CCC4)c(Cl)c(F)n1. The fourth-order valence-electron chi connectivity index (χ4n) is 5.55. The Labute approximate surface area is 253 Å². The number of carbonyl (C=O) groups is 2. The molecule has 1 aromatic carbocycles. The number of amides is 2. The third-order valence-electron chi connectivity index (χ3n) is 7.63. The number of nitrogens with two attached hydrogens (primary N) is 1. The average molecular weight is 630 g/mol. The third kappa shape index (κ3) is 5.17. The Balaban J connectivity index is 1.40. The number of morpholine rings is 1. The topological polar surface area (TPSA) is 158 Å². The molecule has 2 amide bonds. The van der Waals surface area contributed by atoms with Crippen molar-refractivity contribution in [3.8, 4) is 16.9 Å². The van der Waals surface area contributed by atoms with Crippen LogP contribution >= 0.6 is 23.2 Å². The van der Waals surface area contributed by atoms with Crippen molar-refractivity contribution in [2.45, 2.75) is 38.9 Å². The molecule has 0 bridgehead atoms. The van der Waals surface area contributed by atoms with Crippen molar-refractivity contribution < 1.29 is 23.8 Å². The van der Waals surface area contributed by atoms with Gasteiger partial charge < -0.3 is 30.4 Å². The highest BCUT2D eigenvalue weighted by molar-refractivity contribution is 6.34. The van der Waals surface area contributed by atoms with Crippen LogP contribution in [0.1, 0.15) is 29.5 Å². The molecule has 4 N–H and O–H groups in total. The summed E-state index contributed by atoms with van der Waals surface area (Å²) in [4.78, 5) is 49.5. The summed E-state index contributed by atoms with van der Waals surface area (Å²) in [7, 11) is 0. The number of primary amides is 1. The third-order valence-corrected chi connectivity index (χ3v) is 8.28. The van der Waals surface area contributed by atoms with Gasteiger partial charge in [-0.3, -0.25) is 19.0 Å². The second-order valence-electron chi connectivity index (χ2n) is 10.5. The standard InChI is InChI=1S/C28H26Cl2FN7O5/c1-13-12-43-6-5-37(13)20-9-18(23(30)25(31)34-20)33-21(39)11-36-10-16(14-7-15(26(32)41)24(40)17(29)8-14)22-27(36)35-19-3-2-4-38(19)28(22)42/h7-10,13,40H,2-6,11-12H2,1H3,(H2,32,41)(H,33,34,39)/t13-/m0/s1. The Bertz CT molecular complexity index is 1870. The van der Waals surface area contributed by atoms with Crippen LogP contribution in [0.3, 0.4) is 0 Å². The number of hydrogen-bond donors (Lipinski definition) is 3. The minimum Gasteiger partial charge on any atom is -0.506 e. The molecule has 1 fully saturated rings. The van der Waals surface area contributed by atoms with E-state index in [2.05, 4.69) is 10.3 Å². The van der Waals surface area contributed by atoms with Crippen molar-refractivity contribution in [3.05, 3.63) is 62.1 Å². The molecule has 1 atom stereocenters. The second-order valence-corrected chi connectivity index (χ2v) is 11.3. The van der Waals surface area contributed by atoms with Gasteiger partial charge in [-0.1, -0.05) is 23.2 Å². The van der Waals surface area contributed by atoms with Crippen molar-refractivity contribution in [2.75, 3.05) is 30.0 Å². The van der Waals surface area contributed by atoms with Crippen LogP contribution in [0.2, 0.25) is 10.0 Å². The lowest BCUT2D eigenvalue weighted by molar-refractivity contribution is -0.116. The monoisotopic (exact) mass is 629 g/mol. The first-order chi connectivity index (χ1) is 20.5. The number of benzene rings is 1. The maximum Gasteiger partial charge on any atom is 0.263 e. The minimum absolute atomic E-state index is 0.0369. The number of carbonyl (C=O) groups excluding carboxylic acids is 2. The van der Waals surface area contributed by atoms with E-state index < -0.39 is 23.5 Å². The van der Waals surface area contributed by atoms with Crippen LogP contribution in [0.4, 0.5) is 15.9 Å². The van der Waals surface area contributed by atoms with Crippen LogP contribution in [-0.4, -0.2) is 61.8 Å². The van der Waals surface area contributed by atoms with Crippen molar-refractivity contribution in [3.63, 3.8) is 0 Å². The van der Waals surface area contributed by atoms with Gasteiger partial charge >= 0.3 is 0 Å². The Morgan fingerprint density at radius 1 is 1.23 bits per heavy atom. The number of fused-ring (bicyclic) bond motifs is 2. The van der Waals surface area contributed by atoms with Crippen LogP contribution in [0.5, 0.6) is 5.75 Å². The van der Waals surface area contributed by atoms with Crippen LogP contribution in [0, 0.1) is 5.95 Å². The molecule has 1 saturated heterocycles. The lowest BCUT2D eigenvalue weighted by atomic mass is 10.0. The summed E-state index contributed by atoms with van der Waals surface area (Å²) in [6.07, 6.45) is 2.86. The minimum atomic E-state index is -0.929. The predicted octanol–water partition coefficient (Wildman–Crippen LogP) is 3.32. The second kappa shape index (κ2) is 11.1. The number of nitrogens with zero attached hydrogens (tertiary/aromatic N) is 5. The Kier molecular flexibility index (Phi) is 7.48. The van der Waals surface area contributed by atoms with Gasteiger partial charge in [0.25, 0.3) is 11.5 Å². The van der Waals surface area contributed by atoms with E-state index in [0.717, 1.165) is 6.42 Å². The molecule has 12 nitrogen and oxygen atoms in total. The first-order valence-corrected chi connectivity index (χ1v) is 14.2. The number of hydrogen-bond acceptors (Lipinski definition) is 8. The molecule has 15 heteroatoms. The quantitative estimate of drug-likeness (QED) is 0.274. The Morgan fingerprint density at radius 3 is 2.77 bits per heavy atom. The molecule has 0 radical (unpaired) electrons. The lowest BCUT2D eigenvalue weighted by Crippen LogP contribution is -2.44. The fraction of sp³-hybridized carbons (Fsp3) is 0.321. The number of anilines is 2. The lowest BCUT2D eigenvalue weighted by Gasteiger charge is -2.34. The highest BCUT2D eigenvalue weighted by Crippen LogP contribution is 2.36. The molecule has 0 saturated carbocycles. The number of ether oxygens (including phenoxy) is 1. The number of nitrogens with one attached hydrogen (secondary N) is 1. The molecule has 0 aliphatic carbocycles. The Hall–Kier alpha value is -4.20. The van der Waals surface area contributed by atoms with Gasteiger partial charge in [0.2, 0.25) is 11.9 Å². The molecular formula is C28H26Cl2FN7O5. The van der Waals surface area contributed by atoms with E-state index in [1.165, 1.54) is 29.0 Å². The molecule has 224 valence electrons. The normalized spacial score (nSPS) is 16.5. The number of aryl methyl sites for hydroxylation is 1. The van der Waals surface area contributed by atoms with Crippen molar-refractivity contribution in [2.24, 2.45) is 5.73 Å². The molecule has 5 heterocycles. The number of rotatable bonds is 6. The van der Waals surface area contributed by atoms with Gasteiger partial charge in [0.1, 0.15) is 34.6 Å². The van der Waals surface area contributed by atoms with E-state index in [4.69, 9.17) is 38.7 Å². The van der Waals surface area contributed by atoms with Crippen LogP contribution in [-0.2, 0) is 29.0 Å². The zero-order chi connectivity index (χ0) is 30.6. The fourth-order valence-corrected chi connectivity index (χ4v) is 5.91. The van der Waals surface area contributed by atoms with Gasteiger partial charge in [0, 0.05) is 37.3 Å². The van der Waals surface area contributed by atoms with Gasteiger partial charge in [0.05, 0.1) is 40.9 Å². The summed E-state index contributed by atoms with van der Waals surface area (Å²) in [6.45, 7) is 3.47. The largest absolute Gasteiger partial charge is 0.506 e. The first kappa shape index (κ1) is 28.9. The van der Waals surface area contributed by atoms with Gasteiger partial charge in [-0.15, -0.1) is 0 Å².